The average molecular weight is 223 g/mol. The Kier molecular flexibility index (Phi) is 2.29. The Balaban J connectivity index is 2.13. The van der Waals surface area contributed by atoms with Crippen LogP contribution in [-0.4, -0.2) is 16.7 Å². The molecule has 0 saturated heterocycles. The second kappa shape index (κ2) is 3.94. The number of rotatable bonds is 2. The van der Waals surface area contributed by atoms with Crippen molar-refractivity contribution in [2.45, 2.75) is 0 Å². The van der Waals surface area contributed by atoms with Gasteiger partial charge in [-0.2, -0.15) is 0 Å². The van der Waals surface area contributed by atoms with Crippen LogP contribution in [-0.2, 0) is 0 Å². The fourth-order valence-electron chi connectivity index (χ4n) is 1.85. The average Bonchev–Trinajstić information content (AvgIpc) is 2.83. The van der Waals surface area contributed by atoms with Crippen LogP contribution in [0.1, 0.15) is 0 Å². The minimum atomic E-state index is 0.853. The summed E-state index contributed by atoms with van der Waals surface area (Å²) in [4.78, 5) is 4.34. The maximum absolute atomic E-state index is 5.14. The van der Waals surface area contributed by atoms with Gasteiger partial charge in [0.2, 0.25) is 0 Å². The zero-order chi connectivity index (χ0) is 11.7. The Morgan fingerprint density at radius 1 is 1.18 bits per heavy atom. The number of ether oxygens (including phenoxy) is 1. The van der Waals surface area contributed by atoms with Crippen LogP contribution in [0.15, 0.2) is 48.8 Å². The normalized spacial score (nSPS) is 10.6. The second-order valence-corrected chi connectivity index (χ2v) is 3.73. The van der Waals surface area contributed by atoms with Crippen LogP contribution < -0.4 is 4.74 Å². The molecule has 0 saturated carbocycles. The summed E-state index contributed by atoms with van der Waals surface area (Å²) in [5.74, 6) is 0.853. The molecule has 1 aromatic heterocycles. The van der Waals surface area contributed by atoms with Crippen molar-refractivity contribution in [2.75, 3.05) is 7.11 Å². The van der Waals surface area contributed by atoms with Gasteiger partial charge >= 0.3 is 0 Å². The molecule has 0 bridgehead atoms. The predicted molar refractivity (Wildman–Crippen MR) is 66.5 cm³/mol. The number of hydrogen-bond acceptors (Lipinski definition) is 2. The molecule has 0 atom stereocenters. The number of aromatic nitrogens is 2. The first-order valence-electron chi connectivity index (χ1n) is 5.36. The number of fused-ring (bicyclic) bond motifs is 1. The molecule has 17 heavy (non-hydrogen) atoms. The molecule has 3 aromatic rings. The molecule has 3 nitrogen and oxygen atoms in total. The Bertz CT molecular complexity index is 641. The molecule has 0 fully saturated rings. The van der Waals surface area contributed by atoms with Gasteiger partial charge in [0.05, 0.1) is 18.1 Å². The summed E-state index contributed by atoms with van der Waals surface area (Å²) in [5, 5.41) is 0. The van der Waals surface area contributed by atoms with E-state index < -0.39 is 0 Å². The summed E-state index contributed by atoms with van der Waals surface area (Å²) in [5.41, 5.74) is 3.09. The number of methoxy groups -OCH3 is 1. The summed E-state index contributed by atoms with van der Waals surface area (Å²) >= 11 is 0. The van der Waals surface area contributed by atoms with E-state index in [0.717, 1.165) is 22.5 Å². The van der Waals surface area contributed by atoms with Gasteiger partial charge in [0.1, 0.15) is 12.1 Å². The molecule has 3 rings (SSSR count). The first kappa shape index (κ1) is 9.90. The summed E-state index contributed by atoms with van der Waals surface area (Å²) in [7, 11) is 1.66. The predicted octanol–water partition coefficient (Wildman–Crippen LogP) is 2.83. The van der Waals surface area contributed by atoms with Gasteiger partial charge < -0.3 is 4.74 Å². The van der Waals surface area contributed by atoms with Crippen molar-refractivity contribution in [3.8, 4) is 11.4 Å². The zero-order valence-electron chi connectivity index (χ0n) is 9.42. The summed E-state index contributed by atoms with van der Waals surface area (Å²) in [6, 6.07) is 16.7. The van der Waals surface area contributed by atoms with E-state index in [1.54, 1.807) is 7.11 Å². The maximum atomic E-state index is 5.14. The van der Waals surface area contributed by atoms with E-state index in [1.165, 1.54) is 0 Å². The molecule has 0 aliphatic heterocycles. The van der Waals surface area contributed by atoms with Crippen LogP contribution in [0.4, 0.5) is 0 Å². The van der Waals surface area contributed by atoms with Crippen molar-refractivity contribution >= 4 is 11.0 Å². The highest BCUT2D eigenvalue weighted by Crippen LogP contribution is 2.19. The molecule has 2 aromatic carbocycles. The van der Waals surface area contributed by atoms with Gasteiger partial charge in [-0.1, -0.05) is 6.07 Å². The van der Waals surface area contributed by atoms with Gasteiger partial charge in [-0.15, -0.1) is 0 Å². The largest absolute Gasteiger partial charge is 0.497 e. The lowest BCUT2D eigenvalue weighted by atomic mass is 10.2. The lowest BCUT2D eigenvalue weighted by molar-refractivity contribution is 0.415. The topological polar surface area (TPSA) is 27.1 Å². The van der Waals surface area contributed by atoms with Crippen LogP contribution >= 0.6 is 0 Å². The van der Waals surface area contributed by atoms with E-state index in [2.05, 4.69) is 11.1 Å². The van der Waals surface area contributed by atoms with E-state index in [9.17, 15) is 0 Å². The first-order chi connectivity index (χ1) is 8.38. The van der Waals surface area contributed by atoms with Gasteiger partial charge in [-0.3, -0.25) is 4.57 Å². The third kappa shape index (κ3) is 1.65. The highest BCUT2D eigenvalue weighted by atomic mass is 16.5. The molecule has 0 amide bonds. The van der Waals surface area contributed by atoms with Gasteiger partial charge in [0.25, 0.3) is 0 Å². The number of nitrogens with zero attached hydrogens (tertiary/aromatic N) is 2. The fraction of sp³-hybridized carbons (Fsp3) is 0.0714. The van der Waals surface area contributed by atoms with Crippen LogP contribution in [0.3, 0.4) is 0 Å². The summed E-state index contributed by atoms with van der Waals surface area (Å²) in [6.07, 6.45) is 1.82. The standard InChI is InChI=1S/C14H11N2O/c1-17-12-8-6-11(7-9-12)16-10-15-13-4-2-3-5-14(13)16/h3-10H,1H3. The molecule has 0 unspecified atom stereocenters. The number of hydrogen-bond donors (Lipinski definition) is 0. The molecule has 83 valence electrons. The molecule has 0 spiro atoms. The molecule has 3 heteroatoms. The minimum Gasteiger partial charge on any atom is -0.497 e. The molecule has 1 heterocycles. The molecule has 0 N–H and O–H groups in total. The Labute approximate surface area is 99.3 Å². The van der Waals surface area contributed by atoms with Crippen molar-refractivity contribution in [1.82, 2.24) is 9.55 Å². The summed E-state index contributed by atoms with van der Waals surface area (Å²) < 4.78 is 7.19. The maximum Gasteiger partial charge on any atom is 0.119 e. The monoisotopic (exact) mass is 223 g/mol. The molecule has 0 aliphatic rings. The van der Waals surface area contributed by atoms with Gasteiger partial charge in [-0.25, -0.2) is 4.98 Å². The van der Waals surface area contributed by atoms with Crippen molar-refractivity contribution < 1.29 is 4.74 Å². The SMILES string of the molecule is COc1ccc(-n2cnc3c[c]ccc32)cc1. The number of imidazole rings is 1. The third-order valence-electron chi connectivity index (χ3n) is 2.74. The van der Waals surface area contributed by atoms with Gasteiger partial charge in [0.15, 0.2) is 0 Å². The third-order valence-corrected chi connectivity index (χ3v) is 2.74. The Morgan fingerprint density at radius 3 is 2.76 bits per heavy atom. The molecular formula is C14H11N2O. The van der Waals surface area contributed by atoms with Crippen molar-refractivity contribution in [2.24, 2.45) is 0 Å². The van der Waals surface area contributed by atoms with Crippen LogP contribution in [0, 0.1) is 6.07 Å². The zero-order valence-corrected chi connectivity index (χ0v) is 9.42. The highest BCUT2D eigenvalue weighted by molar-refractivity contribution is 5.77. The molecule has 1 radical (unpaired) electrons. The fourth-order valence-corrected chi connectivity index (χ4v) is 1.85. The summed E-state index contributed by atoms with van der Waals surface area (Å²) in [6.45, 7) is 0. The van der Waals surface area contributed by atoms with Crippen LogP contribution in [0.2, 0.25) is 0 Å². The van der Waals surface area contributed by atoms with E-state index in [1.807, 2.05) is 53.4 Å². The Morgan fingerprint density at radius 2 is 2.00 bits per heavy atom. The lowest BCUT2D eigenvalue weighted by Crippen LogP contribution is -1.91. The van der Waals surface area contributed by atoms with E-state index in [4.69, 9.17) is 4.74 Å². The van der Waals surface area contributed by atoms with E-state index in [-0.39, 0.29) is 0 Å². The van der Waals surface area contributed by atoms with Gasteiger partial charge in [-0.05, 0) is 42.5 Å². The highest BCUT2D eigenvalue weighted by Gasteiger charge is 2.03. The lowest BCUT2D eigenvalue weighted by Gasteiger charge is -2.05. The van der Waals surface area contributed by atoms with Gasteiger partial charge in [0, 0.05) is 5.69 Å². The minimum absolute atomic E-state index is 0.853. The van der Waals surface area contributed by atoms with Crippen molar-refractivity contribution in [3.05, 3.63) is 54.9 Å². The van der Waals surface area contributed by atoms with E-state index in [0.29, 0.717) is 0 Å². The Hall–Kier alpha value is -2.29. The molecular weight excluding hydrogens is 212 g/mol. The second-order valence-electron chi connectivity index (χ2n) is 3.73. The first-order valence-corrected chi connectivity index (χ1v) is 5.36. The molecule has 0 aliphatic carbocycles. The quantitative estimate of drug-likeness (QED) is 0.668. The van der Waals surface area contributed by atoms with Crippen LogP contribution in [0.5, 0.6) is 5.75 Å². The number of benzene rings is 2. The van der Waals surface area contributed by atoms with Crippen molar-refractivity contribution in [1.29, 1.82) is 0 Å². The van der Waals surface area contributed by atoms with E-state index >= 15 is 0 Å². The van der Waals surface area contributed by atoms with Crippen molar-refractivity contribution in [3.63, 3.8) is 0 Å². The smallest absolute Gasteiger partial charge is 0.119 e. The van der Waals surface area contributed by atoms with Crippen LogP contribution in [0.25, 0.3) is 16.7 Å².